The molecule has 0 saturated heterocycles. The van der Waals surface area contributed by atoms with Crippen LogP contribution >= 0.6 is 11.6 Å². The Morgan fingerprint density at radius 3 is 2.67 bits per heavy atom. The second-order valence-corrected chi connectivity index (χ2v) is 6.24. The zero-order valence-corrected chi connectivity index (χ0v) is 14.7. The number of amides is 1. The summed E-state index contributed by atoms with van der Waals surface area (Å²) in [6, 6.07) is 5.27. The molecule has 0 fully saturated rings. The molecule has 1 aromatic heterocycles. The largest absolute Gasteiger partial charge is 0.326 e. The Labute approximate surface area is 144 Å². The molecule has 1 amide bonds. The third-order valence-corrected chi connectivity index (χ3v) is 4.11. The number of hydrogen-bond donors (Lipinski definition) is 1. The van der Waals surface area contributed by atoms with E-state index in [2.05, 4.69) is 10.4 Å². The summed E-state index contributed by atoms with van der Waals surface area (Å²) in [5.41, 5.74) is 2.33. The van der Waals surface area contributed by atoms with Crippen LogP contribution in [0.2, 0.25) is 5.02 Å². The first-order valence-electron chi connectivity index (χ1n) is 7.46. The number of carbonyl (C=O) groups is 1. The van der Waals surface area contributed by atoms with Crippen molar-refractivity contribution in [3.05, 3.63) is 50.3 Å². The third kappa shape index (κ3) is 3.73. The molecule has 1 aromatic carbocycles. The molecule has 2 rings (SSSR count). The van der Waals surface area contributed by atoms with Crippen LogP contribution in [-0.2, 0) is 11.3 Å². The van der Waals surface area contributed by atoms with E-state index in [9.17, 15) is 14.9 Å². The second kappa shape index (κ2) is 7.00. The van der Waals surface area contributed by atoms with E-state index >= 15 is 0 Å². The van der Waals surface area contributed by atoms with Crippen molar-refractivity contribution < 1.29 is 9.72 Å². The molecule has 24 heavy (non-hydrogen) atoms. The quantitative estimate of drug-likeness (QED) is 0.658. The third-order valence-electron chi connectivity index (χ3n) is 3.88. The predicted octanol–water partition coefficient (Wildman–Crippen LogP) is 3.64. The zero-order chi connectivity index (χ0) is 18.0. The molecule has 0 bridgehead atoms. The lowest BCUT2D eigenvalue weighted by Crippen LogP contribution is -2.25. The van der Waals surface area contributed by atoms with Crippen molar-refractivity contribution in [3.8, 4) is 0 Å². The Balaban J connectivity index is 2.14. The fraction of sp³-hybridized carbons (Fsp3) is 0.375. The van der Waals surface area contributed by atoms with E-state index < -0.39 is 10.8 Å². The van der Waals surface area contributed by atoms with Crippen molar-refractivity contribution in [2.75, 3.05) is 5.32 Å². The lowest BCUT2D eigenvalue weighted by Gasteiger charge is -2.14. The molecule has 0 aliphatic heterocycles. The number of aromatic nitrogens is 2. The molecular formula is C16H19ClN4O3. The van der Waals surface area contributed by atoms with Gasteiger partial charge < -0.3 is 5.32 Å². The first kappa shape index (κ1) is 17.9. The average Bonchev–Trinajstić information content (AvgIpc) is 2.77. The van der Waals surface area contributed by atoms with Crippen molar-refractivity contribution in [1.82, 2.24) is 9.78 Å². The van der Waals surface area contributed by atoms with Crippen LogP contribution in [0.15, 0.2) is 18.2 Å². The van der Waals surface area contributed by atoms with E-state index in [-0.39, 0.29) is 18.1 Å². The number of nitrogens with zero attached hydrogens (tertiary/aromatic N) is 3. The number of nitrogens with one attached hydrogen (secondary N) is 1. The summed E-state index contributed by atoms with van der Waals surface area (Å²) >= 11 is 5.95. The van der Waals surface area contributed by atoms with Gasteiger partial charge in [0.05, 0.1) is 17.4 Å². The topological polar surface area (TPSA) is 90.1 Å². The van der Waals surface area contributed by atoms with Crippen molar-refractivity contribution in [2.24, 2.45) is 5.92 Å². The van der Waals surface area contributed by atoms with Crippen LogP contribution in [0, 0.1) is 36.8 Å². The zero-order valence-electron chi connectivity index (χ0n) is 14.0. The fourth-order valence-corrected chi connectivity index (χ4v) is 2.63. The molecule has 0 aliphatic rings. The molecule has 0 radical (unpaired) electrons. The molecule has 2 aromatic rings. The van der Waals surface area contributed by atoms with Crippen LogP contribution < -0.4 is 5.32 Å². The van der Waals surface area contributed by atoms with Gasteiger partial charge in [-0.25, -0.2) is 0 Å². The fourth-order valence-electron chi connectivity index (χ4n) is 2.46. The standard InChI is InChI=1S/C16H19ClN4O3/c1-9-5-6-13(17)7-14(9)18-16(22)10(2)8-20-12(4)15(21(23)24)11(3)19-20/h5-7,10H,8H2,1-4H3,(H,18,22). The highest BCUT2D eigenvalue weighted by atomic mass is 35.5. The molecule has 0 saturated carbocycles. The summed E-state index contributed by atoms with van der Waals surface area (Å²) in [7, 11) is 0. The van der Waals surface area contributed by atoms with Gasteiger partial charge >= 0.3 is 5.69 Å². The van der Waals surface area contributed by atoms with Crippen LogP contribution in [0.4, 0.5) is 11.4 Å². The molecule has 0 spiro atoms. The molecule has 128 valence electrons. The highest BCUT2D eigenvalue weighted by molar-refractivity contribution is 6.31. The molecular weight excluding hydrogens is 332 g/mol. The average molecular weight is 351 g/mol. The highest BCUT2D eigenvalue weighted by Crippen LogP contribution is 2.24. The van der Waals surface area contributed by atoms with E-state index in [1.54, 1.807) is 32.9 Å². The maximum absolute atomic E-state index is 12.4. The molecule has 0 aliphatic carbocycles. The van der Waals surface area contributed by atoms with Gasteiger partial charge in [-0.2, -0.15) is 5.10 Å². The van der Waals surface area contributed by atoms with Crippen molar-refractivity contribution in [3.63, 3.8) is 0 Å². The van der Waals surface area contributed by atoms with Gasteiger partial charge in [-0.3, -0.25) is 19.6 Å². The number of halogens is 1. The van der Waals surface area contributed by atoms with Gasteiger partial charge in [0.2, 0.25) is 5.91 Å². The van der Waals surface area contributed by atoms with Gasteiger partial charge in [0.25, 0.3) is 0 Å². The Morgan fingerprint density at radius 1 is 1.42 bits per heavy atom. The first-order chi connectivity index (χ1) is 11.2. The van der Waals surface area contributed by atoms with Gasteiger partial charge in [0, 0.05) is 10.7 Å². The summed E-state index contributed by atoms with van der Waals surface area (Å²) < 4.78 is 1.50. The van der Waals surface area contributed by atoms with Gasteiger partial charge in [-0.1, -0.05) is 24.6 Å². The second-order valence-electron chi connectivity index (χ2n) is 5.81. The van der Waals surface area contributed by atoms with Gasteiger partial charge in [-0.15, -0.1) is 0 Å². The highest BCUT2D eigenvalue weighted by Gasteiger charge is 2.24. The van der Waals surface area contributed by atoms with E-state index in [1.165, 1.54) is 4.68 Å². The number of rotatable bonds is 5. The van der Waals surface area contributed by atoms with E-state index in [4.69, 9.17) is 11.6 Å². The van der Waals surface area contributed by atoms with Gasteiger partial charge in [0.1, 0.15) is 11.4 Å². The minimum Gasteiger partial charge on any atom is -0.326 e. The van der Waals surface area contributed by atoms with E-state index in [1.807, 2.05) is 13.0 Å². The van der Waals surface area contributed by atoms with Crippen LogP contribution in [0.3, 0.4) is 0 Å². The van der Waals surface area contributed by atoms with Crippen molar-refractivity contribution in [2.45, 2.75) is 34.2 Å². The number of carbonyl (C=O) groups excluding carboxylic acids is 1. The Morgan fingerprint density at radius 2 is 2.08 bits per heavy atom. The number of aryl methyl sites for hydroxylation is 2. The summed E-state index contributed by atoms with van der Waals surface area (Å²) in [5, 5.41) is 18.6. The molecule has 1 atom stereocenters. The van der Waals surface area contributed by atoms with Crippen LogP contribution in [0.1, 0.15) is 23.9 Å². The molecule has 7 nitrogen and oxygen atoms in total. The lowest BCUT2D eigenvalue weighted by molar-refractivity contribution is -0.386. The smallest absolute Gasteiger partial charge is 0.312 e. The monoisotopic (exact) mass is 350 g/mol. The van der Waals surface area contributed by atoms with Crippen molar-refractivity contribution in [1.29, 1.82) is 0 Å². The SMILES string of the molecule is Cc1ccc(Cl)cc1NC(=O)C(C)Cn1nc(C)c([N+](=O)[O-])c1C. The maximum atomic E-state index is 12.4. The van der Waals surface area contributed by atoms with Crippen LogP contribution in [-0.4, -0.2) is 20.6 Å². The number of benzene rings is 1. The first-order valence-corrected chi connectivity index (χ1v) is 7.84. The van der Waals surface area contributed by atoms with Gasteiger partial charge in [-0.05, 0) is 38.5 Å². The van der Waals surface area contributed by atoms with Crippen molar-refractivity contribution >= 4 is 28.9 Å². The predicted molar refractivity (Wildman–Crippen MR) is 92.3 cm³/mol. The normalized spacial score (nSPS) is 12.0. The molecule has 8 heteroatoms. The number of anilines is 1. The Hall–Kier alpha value is -2.41. The minimum absolute atomic E-state index is 0.00621. The van der Waals surface area contributed by atoms with E-state index in [0.29, 0.717) is 22.1 Å². The number of hydrogen-bond acceptors (Lipinski definition) is 4. The Bertz CT molecular complexity index is 801. The molecule has 1 N–H and O–H groups in total. The van der Waals surface area contributed by atoms with Crippen LogP contribution in [0.5, 0.6) is 0 Å². The van der Waals surface area contributed by atoms with E-state index in [0.717, 1.165) is 5.56 Å². The summed E-state index contributed by atoms with van der Waals surface area (Å²) in [4.78, 5) is 23.0. The number of nitro groups is 1. The maximum Gasteiger partial charge on any atom is 0.312 e. The minimum atomic E-state index is -0.450. The Kier molecular flexibility index (Phi) is 5.23. The summed E-state index contributed by atoms with van der Waals surface area (Å²) in [5.74, 6) is -0.614. The summed E-state index contributed by atoms with van der Waals surface area (Å²) in [6.45, 7) is 7.09. The molecule has 1 heterocycles. The lowest BCUT2D eigenvalue weighted by atomic mass is 10.1. The summed E-state index contributed by atoms with van der Waals surface area (Å²) in [6.07, 6.45) is 0. The van der Waals surface area contributed by atoms with Gasteiger partial charge in [0.15, 0.2) is 0 Å². The molecule has 1 unspecified atom stereocenters. The van der Waals surface area contributed by atoms with Crippen LogP contribution in [0.25, 0.3) is 0 Å².